The van der Waals surface area contributed by atoms with Gasteiger partial charge in [-0.05, 0) is 11.6 Å². The number of hydrogen-bond acceptors (Lipinski definition) is 4. The predicted octanol–water partition coefficient (Wildman–Crippen LogP) is 1.22. The summed E-state index contributed by atoms with van der Waals surface area (Å²) >= 11 is 2.00. The third kappa shape index (κ3) is 4.12. The number of pyridine rings is 1. The lowest BCUT2D eigenvalue weighted by atomic mass is 10.3. The zero-order valence-electron chi connectivity index (χ0n) is 9.56. The maximum Gasteiger partial charge on any atom is 0.0308 e. The van der Waals surface area contributed by atoms with Gasteiger partial charge in [0.25, 0.3) is 0 Å². The molecule has 0 amide bonds. The van der Waals surface area contributed by atoms with Crippen molar-refractivity contribution < 1.29 is 0 Å². The van der Waals surface area contributed by atoms with Gasteiger partial charge in [-0.3, -0.25) is 9.88 Å². The lowest BCUT2D eigenvalue weighted by molar-refractivity contribution is 0.255. The first-order chi connectivity index (χ1) is 7.95. The van der Waals surface area contributed by atoms with E-state index < -0.39 is 0 Å². The van der Waals surface area contributed by atoms with E-state index in [1.54, 1.807) is 0 Å². The largest absolute Gasteiger partial charge is 0.314 e. The van der Waals surface area contributed by atoms with Crippen LogP contribution in [-0.2, 0) is 5.75 Å². The second-order valence-corrected chi connectivity index (χ2v) is 5.11. The number of rotatable bonds is 5. The first-order valence-electron chi connectivity index (χ1n) is 5.85. The maximum absolute atomic E-state index is 4.12. The summed E-state index contributed by atoms with van der Waals surface area (Å²) in [6.45, 7) is 5.91. The summed E-state index contributed by atoms with van der Waals surface area (Å²) in [7, 11) is 0. The summed E-state index contributed by atoms with van der Waals surface area (Å²) in [5.41, 5.74) is 1.33. The van der Waals surface area contributed by atoms with E-state index in [0.29, 0.717) is 0 Å². The lowest BCUT2D eigenvalue weighted by Gasteiger charge is -2.26. The Balaban J connectivity index is 1.58. The highest BCUT2D eigenvalue weighted by Crippen LogP contribution is 2.10. The number of nitrogens with one attached hydrogen (secondary N) is 1. The Kier molecular flexibility index (Phi) is 5.12. The van der Waals surface area contributed by atoms with Crippen LogP contribution in [0.25, 0.3) is 0 Å². The van der Waals surface area contributed by atoms with Gasteiger partial charge in [0.05, 0.1) is 0 Å². The van der Waals surface area contributed by atoms with Crippen molar-refractivity contribution in [2.45, 2.75) is 5.75 Å². The molecule has 0 aromatic carbocycles. The molecule has 1 aromatic rings. The van der Waals surface area contributed by atoms with Gasteiger partial charge in [-0.2, -0.15) is 11.8 Å². The molecule has 1 saturated heterocycles. The van der Waals surface area contributed by atoms with Gasteiger partial charge in [0.15, 0.2) is 0 Å². The molecule has 88 valence electrons. The van der Waals surface area contributed by atoms with Crippen molar-refractivity contribution >= 4 is 11.8 Å². The fourth-order valence-electron chi connectivity index (χ4n) is 1.80. The first-order valence-corrected chi connectivity index (χ1v) is 7.00. The highest BCUT2D eigenvalue weighted by molar-refractivity contribution is 7.98. The van der Waals surface area contributed by atoms with Crippen LogP contribution in [0.3, 0.4) is 0 Å². The van der Waals surface area contributed by atoms with E-state index >= 15 is 0 Å². The second kappa shape index (κ2) is 6.89. The number of nitrogens with zero attached hydrogens (tertiary/aromatic N) is 2. The van der Waals surface area contributed by atoms with Gasteiger partial charge in [0, 0.05) is 56.6 Å². The van der Waals surface area contributed by atoms with Crippen LogP contribution in [0.2, 0.25) is 0 Å². The molecule has 1 aliphatic heterocycles. The number of piperazine rings is 1. The van der Waals surface area contributed by atoms with Crippen molar-refractivity contribution in [1.82, 2.24) is 15.2 Å². The molecule has 1 aromatic heterocycles. The van der Waals surface area contributed by atoms with E-state index in [-0.39, 0.29) is 0 Å². The average Bonchev–Trinajstić information content (AvgIpc) is 2.37. The quantitative estimate of drug-likeness (QED) is 0.780. The van der Waals surface area contributed by atoms with E-state index in [9.17, 15) is 0 Å². The lowest BCUT2D eigenvalue weighted by Crippen LogP contribution is -2.44. The molecule has 0 bridgehead atoms. The first kappa shape index (κ1) is 11.9. The Morgan fingerprint density at radius 1 is 1.38 bits per heavy atom. The van der Waals surface area contributed by atoms with E-state index in [2.05, 4.69) is 21.3 Å². The molecule has 4 heteroatoms. The Morgan fingerprint density at radius 2 is 2.25 bits per heavy atom. The summed E-state index contributed by atoms with van der Waals surface area (Å²) < 4.78 is 0. The molecule has 0 radical (unpaired) electrons. The second-order valence-electron chi connectivity index (χ2n) is 4.01. The summed E-state index contributed by atoms with van der Waals surface area (Å²) in [6.07, 6.45) is 3.78. The minimum atomic E-state index is 1.08. The molecule has 0 atom stereocenters. The van der Waals surface area contributed by atoms with Crippen molar-refractivity contribution in [3.63, 3.8) is 0 Å². The summed E-state index contributed by atoms with van der Waals surface area (Å²) in [5.74, 6) is 2.30. The minimum Gasteiger partial charge on any atom is -0.314 e. The Bertz CT molecular complexity index is 286. The molecule has 0 aliphatic carbocycles. The SMILES string of the molecule is c1cncc(CSCCN2CCNCC2)c1. The monoisotopic (exact) mass is 237 g/mol. The van der Waals surface area contributed by atoms with Crippen LogP contribution in [-0.4, -0.2) is 48.4 Å². The number of thioether (sulfide) groups is 1. The fourth-order valence-corrected chi connectivity index (χ4v) is 2.74. The van der Waals surface area contributed by atoms with Crippen molar-refractivity contribution in [3.05, 3.63) is 30.1 Å². The van der Waals surface area contributed by atoms with Gasteiger partial charge in [0.2, 0.25) is 0 Å². The van der Waals surface area contributed by atoms with Crippen LogP contribution < -0.4 is 5.32 Å². The smallest absolute Gasteiger partial charge is 0.0308 e. The van der Waals surface area contributed by atoms with E-state index in [4.69, 9.17) is 0 Å². The molecule has 1 N–H and O–H groups in total. The van der Waals surface area contributed by atoms with Gasteiger partial charge in [0.1, 0.15) is 0 Å². The highest BCUT2D eigenvalue weighted by Gasteiger charge is 2.08. The van der Waals surface area contributed by atoms with Gasteiger partial charge in [-0.15, -0.1) is 0 Å². The zero-order chi connectivity index (χ0) is 11.1. The van der Waals surface area contributed by atoms with Gasteiger partial charge in [-0.25, -0.2) is 0 Å². The Hall–Kier alpha value is -0.580. The number of aromatic nitrogens is 1. The van der Waals surface area contributed by atoms with Crippen molar-refractivity contribution in [2.24, 2.45) is 0 Å². The standard InChI is InChI=1S/C12H19N3S/c1-2-12(10-14-3-1)11-16-9-8-15-6-4-13-5-7-15/h1-3,10,13H,4-9,11H2. The molecule has 16 heavy (non-hydrogen) atoms. The van der Waals surface area contributed by atoms with Crippen LogP contribution in [0.5, 0.6) is 0 Å². The van der Waals surface area contributed by atoms with Gasteiger partial charge >= 0.3 is 0 Å². The fraction of sp³-hybridized carbons (Fsp3) is 0.583. The van der Waals surface area contributed by atoms with Gasteiger partial charge in [-0.1, -0.05) is 6.07 Å². The van der Waals surface area contributed by atoms with Crippen LogP contribution >= 0.6 is 11.8 Å². The highest BCUT2D eigenvalue weighted by atomic mass is 32.2. The van der Waals surface area contributed by atoms with Crippen LogP contribution in [0, 0.1) is 0 Å². The van der Waals surface area contributed by atoms with E-state index in [0.717, 1.165) is 18.8 Å². The van der Waals surface area contributed by atoms with Crippen molar-refractivity contribution in [2.75, 3.05) is 38.5 Å². The predicted molar refractivity (Wildman–Crippen MR) is 69.7 cm³/mol. The molecule has 1 aliphatic rings. The summed E-state index contributed by atoms with van der Waals surface area (Å²) in [6, 6.07) is 4.15. The molecule has 2 rings (SSSR count). The van der Waals surface area contributed by atoms with Crippen molar-refractivity contribution in [1.29, 1.82) is 0 Å². The van der Waals surface area contributed by atoms with Crippen molar-refractivity contribution in [3.8, 4) is 0 Å². The van der Waals surface area contributed by atoms with Crippen LogP contribution in [0.15, 0.2) is 24.5 Å². The molecule has 3 nitrogen and oxygen atoms in total. The third-order valence-corrected chi connectivity index (χ3v) is 3.76. The molecular weight excluding hydrogens is 218 g/mol. The van der Waals surface area contributed by atoms with E-state index in [1.165, 1.54) is 31.0 Å². The molecule has 0 saturated carbocycles. The zero-order valence-corrected chi connectivity index (χ0v) is 10.4. The average molecular weight is 237 g/mol. The van der Waals surface area contributed by atoms with E-state index in [1.807, 2.05) is 30.2 Å². The summed E-state index contributed by atoms with van der Waals surface area (Å²) in [5, 5.41) is 3.37. The van der Waals surface area contributed by atoms with Gasteiger partial charge < -0.3 is 5.32 Å². The van der Waals surface area contributed by atoms with Crippen LogP contribution in [0.4, 0.5) is 0 Å². The molecule has 2 heterocycles. The Labute approximate surface area is 102 Å². The minimum absolute atomic E-state index is 1.08. The van der Waals surface area contributed by atoms with Crippen LogP contribution in [0.1, 0.15) is 5.56 Å². The third-order valence-electron chi connectivity index (χ3n) is 2.75. The molecular formula is C12H19N3S. The summed E-state index contributed by atoms with van der Waals surface area (Å²) in [4.78, 5) is 6.66. The molecule has 1 fully saturated rings. The topological polar surface area (TPSA) is 28.2 Å². The number of hydrogen-bond donors (Lipinski definition) is 1. The molecule has 0 unspecified atom stereocenters. The Morgan fingerprint density at radius 3 is 3.00 bits per heavy atom. The normalized spacial score (nSPS) is 17.5. The molecule has 0 spiro atoms. The maximum atomic E-state index is 4.12.